The maximum Gasteiger partial charge on any atom is 0.308 e. The van der Waals surface area contributed by atoms with Crippen LogP contribution in [0.1, 0.15) is 42.6 Å². The van der Waals surface area contributed by atoms with Gasteiger partial charge in [-0.05, 0) is 49.1 Å². The Hall–Kier alpha value is -1.82. The molecule has 1 aliphatic carbocycles. The van der Waals surface area contributed by atoms with Gasteiger partial charge in [0, 0.05) is 18.3 Å². The molecule has 0 aliphatic heterocycles. The molecule has 0 saturated heterocycles. The van der Waals surface area contributed by atoms with Crippen molar-refractivity contribution in [1.29, 1.82) is 0 Å². The summed E-state index contributed by atoms with van der Waals surface area (Å²) >= 11 is 12.0. The molecule has 144 valence electrons. The molecule has 3 rings (SSSR count). The summed E-state index contributed by atoms with van der Waals surface area (Å²) < 4.78 is 4.88. The average molecular weight is 408 g/mol. The fourth-order valence-electron chi connectivity index (χ4n) is 3.36. The summed E-state index contributed by atoms with van der Waals surface area (Å²) in [4.78, 5) is 11.7. The number of nitrogens with zero attached hydrogens (tertiary/aromatic N) is 1. The van der Waals surface area contributed by atoms with Crippen LogP contribution in [0.3, 0.4) is 0 Å². The Balaban J connectivity index is 1.52. The lowest BCUT2D eigenvalue weighted by Gasteiger charge is -2.28. The smallest absolute Gasteiger partial charge is 0.308 e. The summed E-state index contributed by atoms with van der Waals surface area (Å²) in [7, 11) is 1.46. The molecule has 1 aliphatic rings. The Morgan fingerprint density at radius 2 is 2.15 bits per heavy atom. The Morgan fingerprint density at radius 3 is 2.93 bits per heavy atom. The van der Waals surface area contributed by atoms with Crippen molar-refractivity contribution in [3.63, 3.8) is 0 Å². The first-order valence-electron chi connectivity index (χ1n) is 9.04. The molecule has 0 radical (unpaired) electrons. The minimum Gasteiger partial charge on any atom is -0.469 e. The highest BCUT2D eigenvalue weighted by Crippen LogP contribution is 2.26. The third-order valence-electron chi connectivity index (χ3n) is 4.83. The molecule has 1 heterocycles. The number of nitrogens with one attached hydrogen (secondary N) is 2. The number of aromatic nitrogens is 2. The van der Waals surface area contributed by atoms with Gasteiger partial charge in [-0.3, -0.25) is 9.89 Å². The van der Waals surface area contributed by atoms with Crippen molar-refractivity contribution in [2.24, 2.45) is 5.92 Å². The van der Waals surface area contributed by atoms with Crippen LogP contribution >= 0.6 is 23.2 Å². The normalized spacial score (nSPS) is 20.1. The van der Waals surface area contributed by atoms with Gasteiger partial charge in [-0.1, -0.05) is 41.8 Å². The van der Waals surface area contributed by atoms with E-state index in [1.54, 1.807) is 6.07 Å². The zero-order valence-corrected chi connectivity index (χ0v) is 16.7. The second-order valence-corrected chi connectivity index (χ2v) is 7.60. The maximum atomic E-state index is 11.7. The Labute approximate surface area is 169 Å². The predicted molar refractivity (Wildman–Crippen MR) is 109 cm³/mol. The van der Waals surface area contributed by atoms with Crippen molar-refractivity contribution in [2.75, 3.05) is 7.11 Å². The van der Waals surface area contributed by atoms with Crippen LogP contribution in [0.4, 0.5) is 0 Å². The number of H-pyrrole nitrogens is 1. The first kappa shape index (κ1) is 19.9. The molecule has 1 fully saturated rings. The largest absolute Gasteiger partial charge is 0.469 e. The fraction of sp³-hybridized carbons (Fsp3) is 0.400. The summed E-state index contributed by atoms with van der Waals surface area (Å²) in [6.07, 6.45) is 7.72. The number of esters is 1. The zero-order chi connectivity index (χ0) is 19.2. The number of aromatic amines is 1. The first-order valence-corrected chi connectivity index (χ1v) is 9.79. The molecule has 0 amide bonds. The highest BCUT2D eigenvalue weighted by molar-refractivity contribution is 6.42. The van der Waals surface area contributed by atoms with Crippen LogP contribution in [-0.4, -0.2) is 29.3 Å². The maximum absolute atomic E-state index is 11.7. The van der Waals surface area contributed by atoms with Crippen molar-refractivity contribution >= 4 is 41.3 Å². The van der Waals surface area contributed by atoms with Gasteiger partial charge < -0.3 is 10.1 Å². The second-order valence-electron chi connectivity index (χ2n) is 6.79. The van der Waals surface area contributed by atoms with Crippen LogP contribution in [-0.2, 0) is 16.1 Å². The number of rotatable bonds is 6. The van der Waals surface area contributed by atoms with Gasteiger partial charge in [0.1, 0.15) is 0 Å². The van der Waals surface area contributed by atoms with E-state index in [1.807, 2.05) is 30.4 Å². The molecule has 27 heavy (non-hydrogen) atoms. The number of hydrogen-bond acceptors (Lipinski definition) is 4. The van der Waals surface area contributed by atoms with Crippen LogP contribution in [0.5, 0.6) is 0 Å². The molecule has 2 aromatic rings. The van der Waals surface area contributed by atoms with Crippen LogP contribution < -0.4 is 5.32 Å². The number of hydrogen-bond donors (Lipinski definition) is 2. The molecular formula is C20H23Cl2N3O2. The summed E-state index contributed by atoms with van der Waals surface area (Å²) in [6.45, 7) is 0.687. The van der Waals surface area contributed by atoms with Crippen molar-refractivity contribution < 1.29 is 9.53 Å². The number of carbonyl (C=O) groups is 1. The highest BCUT2D eigenvalue weighted by atomic mass is 35.5. The van der Waals surface area contributed by atoms with E-state index in [9.17, 15) is 4.79 Å². The minimum absolute atomic E-state index is 0.00714. The summed E-state index contributed by atoms with van der Waals surface area (Å²) in [5.41, 5.74) is 2.81. The number of benzene rings is 1. The van der Waals surface area contributed by atoms with Gasteiger partial charge in [-0.25, -0.2) is 0 Å². The fourth-order valence-corrected chi connectivity index (χ4v) is 3.67. The molecule has 2 atom stereocenters. The topological polar surface area (TPSA) is 67.0 Å². The summed E-state index contributed by atoms with van der Waals surface area (Å²) in [5.74, 6) is -0.0922. The Kier molecular flexibility index (Phi) is 6.94. The standard InChI is InChI=1S/C20H23Cl2N3O2/c1-27-20(26)14-3-2-4-15(10-14)23-12-17-11-16(24-25-17)7-5-13-6-8-18(21)19(22)9-13/h5-9,11,14-15,23H,2-4,10,12H2,1H3,(H,24,25)/b7-5-. The van der Waals surface area contributed by atoms with E-state index in [2.05, 4.69) is 15.5 Å². The molecule has 2 unspecified atom stereocenters. The average Bonchev–Trinajstić information content (AvgIpc) is 3.15. The van der Waals surface area contributed by atoms with Crippen LogP contribution in [0.15, 0.2) is 24.3 Å². The number of ether oxygens (including phenoxy) is 1. The van der Waals surface area contributed by atoms with E-state index < -0.39 is 0 Å². The Bertz CT molecular complexity index is 819. The molecular weight excluding hydrogens is 385 g/mol. The second kappa shape index (κ2) is 9.40. The quantitative estimate of drug-likeness (QED) is 0.680. The molecule has 5 nitrogen and oxygen atoms in total. The zero-order valence-electron chi connectivity index (χ0n) is 15.2. The molecule has 1 aromatic heterocycles. The van der Waals surface area contributed by atoms with Crippen LogP contribution in [0.25, 0.3) is 12.2 Å². The molecule has 1 aromatic carbocycles. The molecule has 0 spiro atoms. The van der Waals surface area contributed by atoms with Crippen molar-refractivity contribution in [3.8, 4) is 0 Å². The summed E-state index contributed by atoms with van der Waals surface area (Å²) in [5, 5.41) is 11.9. The van der Waals surface area contributed by atoms with Gasteiger partial charge in [0.15, 0.2) is 0 Å². The lowest BCUT2D eigenvalue weighted by Crippen LogP contribution is -2.36. The van der Waals surface area contributed by atoms with Crippen molar-refractivity contribution in [1.82, 2.24) is 15.5 Å². The third kappa shape index (κ3) is 5.58. The van der Waals surface area contributed by atoms with E-state index in [0.29, 0.717) is 22.6 Å². The SMILES string of the molecule is COC(=O)C1CCCC(NCc2cc(/C=C\c3ccc(Cl)c(Cl)c3)n[nH]2)C1. The molecule has 1 saturated carbocycles. The van der Waals surface area contributed by atoms with E-state index in [1.165, 1.54) is 7.11 Å². The monoisotopic (exact) mass is 407 g/mol. The molecule has 7 heteroatoms. The Morgan fingerprint density at radius 1 is 1.30 bits per heavy atom. The summed E-state index contributed by atoms with van der Waals surface area (Å²) in [6, 6.07) is 7.81. The van der Waals surface area contributed by atoms with E-state index in [0.717, 1.165) is 42.6 Å². The van der Waals surface area contributed by atoms with Gasteiger partial charge in [0.05, 0.1) is 28.8 Å². The first-order chi connectivity index (χ1) is 13.0. The number of carbonyl (C=O) groups excluding carboxylic acids is 1. The van der Waals surface area contributed by atoms with Gasteiger partial charge in [0.25, 0.3) is 0 Å². The van der Waals surface area contributed by atoms with Crippen molar-refractivity contribution in [2.45, 2.75) is 38.3 Å². The van der Waals surface area contributed by atoms with E-state index >= 15 is 0 Å². The molecule has 0 bridgehead atoms. The molecule has 2 N–H and O–H groups in total. The van der Waals surface area contributed by atoms with Gasteiger partial charge >= 0.3 is 5.97 Å². The highest BCUT2D eigenvalue weighted by Gasteiger charge is 2.27. The van der Waals surface area contributed by atoms with Crippen LogP contribution in [0.2, 0.25) is 10.0 Å². The number of methoxy groups -OCH3 is 1. The van der Waals surface area contributed by atoms with Gasteiger partial charge in [-0.15, -0.1) is 0 Å². The van der Waals surface area contributed by atoms with Gasteiger partial charge in [-0.2, -0.15) is 5.10 Å². The van der Waals surface area contributed by atoms with Crippen LogP contribution in [0, 0.1) is 5.92 Å². The number of halogens is 2. The third-order valence-corrected chi connectivity index (χ3v) is 5.57. The predicted octanol–water partition coefficient (Wildman–Crippen LogP) is 4.71. The van der Waals surface area contributed by atoms with E-state index in [4.69, 9.17) is 27.9 Å². The minimum atomic E-state index is -0.0993. The lowest BCUT2D eigenvalue weighted by molar-refractivity contribution is -0.146. The van der Waals surface area contributed by atoms with E-state index in [-0.39, 0.29) is 11.9 Å². The van der Waals surface area contributed by atoms with Crippen molar-refractivity contribution in [3.05, 3.63) is 51.3 Å². The lowest BCUT2D eigenvalue weighted by atomic mass is 9.85. The van der Waals surface area contributed by atoms with Gasteiger partial charge in [0.2, 0.25) is 0 Å².